The van der Waals surface area contributed by atoms with E-state index in [9.17, 15) is 10.1 Å². The van der Waals surface area contributed by atoms with Gasteiger partial charge in [-0.25, -0.2) is 4.68 Å². The predicted molar refractivity (Wildman–Crippen MR) is 76.0 cm³/mol. The molecule has 0 amide bonds. The molecule has 1 aromatic heterocycles. The first kappa shape index (κ1) is 12.7. The second kappa shape index (κ2) is 4.06. The number of anilines is 1. The number of nitro benzene ring substituents is 1. The zero-order chi connectivity index (χ0) is 14.5. The van der Waals surface area contributed by atoms with Crippen LogP contribution in [0.15, 0.2) is 24.3 Å². The second-order valence-corrected chi connectivity index (χ2v) is 5.75. The summed E-state index contributed by atoms with van der Waals surface area (Å²) in [6.07, 6.45) is 1.87. The number of fused-ring (bicyclic) bond motifs is 1. The van der Waals surface area contributed by atoms with Crippen molar-refractivity contribution in [2.24, 2.45) is 0 Å². The van der Waals surface area contributed by atoms with Gasteiger partial charge in [0.2, 0.25) is 0 Å². The molecule has 0 saturated heterocycles. The van der Waals surface area contributed by atoms with Crippen LogP contribution in [0.2, 0.25) is 0 Å². The van der Waals surface area contributed by atoms with Crippen molar-refractivity contribution in [2.45, 2.75) is 32.1 Å². The zero-order valence-electron chi connectivity index (χ0n) is 11.5. The summed E-state index contributed by atoms with van der Waals surface area (Å²) in [7, 11) is 0. The number of hydrogen-bond donors (Lipinski definition) is 1. The van der Waals surface area contributed by atoms with Crippen LogP contribution >= 0.6 is 0 Å². The monoisotopic (exact) mass is 272 g/mol. The average molecular weight is 272 g/mol. The fraction of sp³-hybridized carbons (Fsp3) is 0.357. The highest BCUT2D eigenvalue weighted by atomic mass is 16.6. The molecule has 104 valence electrons. The van der Waals surface area contributed by atoms with E-state index in [1.807, 2.05) is 0 Å². The second-order valence-electron chi connectivity index (χ2n) is 5.75. The smallest absolute Gasteiger partial charge is 0.294 e. The number of para-hydroxylation sites is 2. The summed E-state index contributed by atoms with van der Waals surface area (Å²) in [5.74, 6) is 0.511. The number of nitrogens with two attached hydrogens (primary N) is 1. The Kier molecular flexibility index (Phi) is 2.57. The highest BCUT2D eigenvalue weighted by Gasteiger charge is 2.36. The van der Waals surface area contributed by atoms with E-state index in [2.05, 4.69) is 18.9 Å². The molecule has 1 aliphatic carbocycles. The lowest BCUT2D eigenvalue weighted by atomic mass is 9.87. The van der Waals surface area contributed by atoms with Crippen molar-refractivity contribution >= 4 is 11.5 Å². The lowest BCUT2D eigenvalue weighted by Crippen LogP contribution is -2.15. The minimum atomic E-state index is -0.410. The van der Waals surface area contributed by atoms with Gasteiger partial charge in [0.1, 0.15) is 11.5 Å². The Balaban J connectivity index is 2.22. The van der Waals surface area contributed by atoms with Gasteiger partial charge in [-0.2, -0.15) is 5.10 Å². The van der Waals surface area contributed by atoms with E-state index >= 15 is 0 Å². The maximum Gasteiger partial charge on any atom is 0.294 e. The van der Waals surface area contributed by atoms with Crippen molar-refractivity contribution in [2.75, 3.05) is 5.73 Å². The quantitative estimate of drug-likeness (QED) is 0.672. The first-order valence-corrected chi connectivity index (χ1v) is 6.53. The summed E-state index contributed by atoms with van der Waals surface area (Å²) in [6, 6.07) is 6.52. The van der Waals surface area contributed by atoms with Gasteiger partial charge in [-0.3, -0.25) is 10.1 Å². The van der Waals surface area contributed by atoms with Crippen molar-refractivity contribution in [3.8, 4) is 5.69 Å². The van der Waals surface area contributed by atoms with Crippen molar-refractivity contribution in [1.82, 2.24) is 9.78 Å². The van der Waals surface area contributed by atoms with E-state index in [0.717, 1.165) is 24.1 Å². The van der Waals surface area contributed by atoms with Crippen molar-refractivity contribution < 1.29 is 4.92 Å². The van der Waals surface area contributed by atoms with Gasteiger partial charge >= 0.3 is 0 Å². The van der Waals surface area contributed by atoms with Gasteiger partial charge in [0.25, 0.3) is 5.69 Å². The van der Waals surface area contributed by atoms with E-state index in [1.54, 1.807) is 18.2 Å². The normalized spacial score (nSPS) is 16.1. The molecule has 0 spiro atoms. The van der Waals surface area contributed by atoms with E-state index < -0.39 is 4.92 Å². The Morgan fingerprint density at radius 3 is 2.75 bits per heavy atom. The molecule has 0 bridgehead atoms. The zero-order valence-corrected chi connectivity index (χ0v) is 11.5. The molecule has 3 rings (SSSR count). The van der Waals surface area contributed by atoms with Gasteiger partial charge in [-0.05, 0) is 24.3 Å². The van der Waals surface area contributed by atoms with Crippen LogP contribution in [-0.4, -0.2) is 14.7 Å². The fourth-order valence-corrected chi connectivity index (χ4v) is 2.93. The molecule has 2 aromatic rings. The highest BCUT2D eigenvalue weighted by molar-refractivity contribution is 5.60. The van der Waals surface area contributed by atoms with E-state index in [4.69, 9.17) is 5.73 Å². The van der Waals surface area contributed by atoms with Crippen LogP contribution in [0.5, 0.6) is 0 Å². The molecule has 0 radical (unpaired) electrons. The molecule has 0 fully saturated rings. The fourth-order valence-electron chi connectivity index (χ4n) is 2.93. The van der Waals surface area contributed by atoms with E-state index in [0.29, 0.717) is 11.5 Å². The Labute approximate surface area is 116 Å². The van der Waals surface area contributed by atoms with Crippen LogP contribution in [0, 0.1) is 10.1 Å². The van der Waals surface area contributed by atoms with Crippen LogP contribution in [0.25, 0.3) is 5.69 Å². The molecule has 1 aliphatic rings. The number of aromatic nitrogens is 2. The molecule has 0 unspecified atom stereocenters. The van der Waals surface area contributed by atoms with E-state index in [-0.39, 0.29) is 11.1 Å². The number of benzene rings is 1. The van der Waals surface area contributed by atoms with E-state index in [1.165, 1.54) is 10.7 Å². The van der Waals surface area contributed by atoms with Crippen LogP contribution in [0.3, 0.4) is 0 Å². The Morgan fingerprint density at radius 2 is 2.10 bits per heavy atom. The third kappa shape index (κ3) is 1.68. The predicted octanol–water partition coefficient (Wildman–Crippen LogP) is 2.59. The lowest BCUT2D eigenvalue weighted by Gasteiger charge is -2.18. The Morgan fingerprint density at radius 1 is 1.40 bits per heavy atom. The minimum Gasteiger partial charge on any atom is -0.383 e. The number of nitrogen functional groups attached to an aromatic ring is 1. The Bertz CT molecular complexity index is 703. The summed E-state index contributed by atoms with van der Waals surface area (Å²) in [5, 5.41) is 15.6. The maximum atomic E-state index is 11.1. The summed E-state index contributed by atoms with van der Waals surface area (Å²) in [6.45, 7) is 4.25. The van der Waals surface area contributed by atoms with Crippen LogP contribution in [0.4, 0.5) is 11.5 Å². The summed E-state index contributed by atoms with van der Waals surface area (Å²) < 4.78 is 1.50. The first-order chi connectivity index (χ1) is 9.42. The molecule has 6 nitrogen and oxygen atoms in total. The largest absolute Gasteiger partial charge is 0.383 e. The SMILES string of the molecule is CC1(C)CCc2nn(-c3ccccc3[N+](=O)[O-])c(N)c21. The molecular formula is C14H16N4O2. The highest BCUT2D eigenvalue weighted by Crippen LogP contribution is 2.42. The summed E-state index contributed by atoms with van der Waals surface area (Å²) in [4.78, 5) is 10.7. The van der Waals surface area contributed by atoms with Crippen molar-refractivity contribution in [1.29, 1.82) is 0 Å². The molecule has 2 N–H and O–H groups in total. The molecule has 6 heteroatoms. The minimum absolute atomic E-state index is 0.0122. The third-order valence-corrected chi connectivity index (χ3v) is 3.96. The molecule has 0 atom stereocenters. The average Bonchev–Trinajstić information content (AvgIpc) is 2.88. The van der Waals surface area contributed by atoms with Crippen LogP contribution in [0.1, 0.15) is 31.5 Å². The van der Waals surface area contributed by atoms with Gasteiger partial charge in [-0.1, -0.05) is 26.0 Å². The first-order valence-electron chi connectivity index (χ1n) is 6.53. The number of rotatable bonds is 2. The number of aryl methyl sites for hydroxylation is 1. The van der Waals surface area contributed by atoms with Gasteiger partial charge in [-0.15, -0.1) is 0 Å². The molecule has 1 aromatic carbocycles. The van der Waals surface area contributed by atoms with Gasteiger partial charge in [0.05, 0.1) is 10.6 Å². The molecule has 20 heavy (non-hydrogen) atoms. The maximum absolute atomic E-state index is 11.1. The molecule has 1 heterocycles. The van der Waals surface area contributed by atoms with Crippen molar-refractivity contribution in [3.63, 3.8) is 0 Å². The number of nitro groups is 1. The van der Waals surface area contributed by atoms with Gasteiger partial charge < -0.3 is 5.73 Å². The Hall–Kier alpha value is -2.37. The lowest BCUT2D eigenvalue weighted by molar-refractivity contribution is -0.384. The summed E-state index contributed by atoms with van der Waals surface area (Å²) >= 11 is 0. The molecule has 0 saturated carbocycles. The molecular weight excluding hydrogens is 256 g/mol. The standard InChI is InChI=1S/C14H16N4O2/c1-14(2)8-7-9-12(14)13(15)17(16-9)10-5-3-4-6-11(10)18(19)20/h3-6H,7-8,15H2,1-2H3. The van der Waals surface area contributed by atoms with Gasteiger partial charge in [0.15, 0.2) is 0 Å². The van der Waals surface area contributed by atoms with Crippen molar-refractivity contribution in [3.05, 3.63) is 45.6 Å². The molecule has 0 aliphatic heterocycles. The topological polar surface area (TPSA) is 87.0 Å². The van der Waals surface area contributed by atoms with Crippen LogP contribution < -0.4 is 5.73 Å². The van der Waals surface area contributed by atoms with Gasteiger partial charge in [0, 0.05) is 11.6 Å². The number of nitrogens with zero attached hydrogens (tertiary/aromatic N) is 3. The summed E-state index contributed by atoms with van der Waals surface area (Å²) in [5.41, 5.74) is 8.59. The van der Waals surface area contributed by atoms with Crippen LogP contribution in [-0.2, 0) is 11.8 Å². The number of hydrogen-bond acceptors (Lipinski definition) is 4. The third-order valence-electron chi connectivity index (χ3n) is 3.96.